The van der Waals surface area contributed by atoms with Crippen LogP contribution >= 0.6 is 0 Å². The minimum absolute atomic E-state index is 0.0607. The Morgan fingerprint density at radius 3 is 2.07 bits per heavy atom. The SMILES string of the molecule is COc1ccc(N2CCN(C(=O)COC(=O)c3ccc(OC(C)C)cc3)CC2)cc1. The molecule has 7 heteroatoms. The first kappa shape index (κ1) is 21.5. The fraction of sp³-hybridized carbons (Fsp3) is 0.391. The van der Waals surface area contributed by atoms with E-state index in [4.69, 9.17) is 14.2 Å². The van der Waals surface area contributed by atoms with E-state index in [2.05, 4.69) is 4.90 Å². The molecule has 1 aliphatic rings. The van der Waals surface area contributed by atoms with Crippen molar-refractivity contribution < 1.29 is 23.8 Å². The zero-order valence-corrected chi connectivity index (χ0v) is 17.7. The van der Waals surface area contributed by atoms with Crippen LogP contribution in [0.1, 0.15) is 24.2 Å². The fourth-order valence-corrected chi connectivity index (χ4v) is 3.25. The second-order valence-electron chi connectivity index (χ2n) is 7.33. The standard InChI is InChI=1S/C23H28N2O5/c1-17(2)30-21-8-4-18(5-9-21)23(27)29-16-22(26)25-14-12-24(13-15-25)19-6-10-20(28-3)11-7-19/h4-11,17H,12-16H2,1-3H3. The maximum absolute atomic E-state index is 12.4. The van der Waals surface area contributed by atoms with Gasteiger partial charge >= 0.3 is 5.97 Å². The molecule has 1 fully saturated rings. The van der Waals surface area contributed by atoms with Crippen molar-refractivity contribution in [2.75, 3.05) is 44.8 Å². The minimum atomic E-state index is -0.517. The van der Waals surface area contributed by atoms with E-state index in [0.29, 0.717) is 24.4 Å². The first-order valence-corrected chi connectivity index (χ1v) is 10.1. The monoisotopic (exact) mass is 412 g/mol. The lowest BCUT2D eigenvalue weighted by atomic mass is 10.2. The number of carbonyl (C=O) groups excluding carboxylic acids is 2. The summed E-state index contributed by atoms with van der Waals surface area (Å²) in [5.41, 5.74) is 1.49. The number of anilines is 1. The number of hydrogen-bond acceptors (Lipinski definition) is 6. The Balaban J connectivity index is 1.44. The van der Waals surface area contributed by atoms with Crippen molar-refractivity contribution in [1.29, 1.82) is 0 Å². The molecular weight excluding hydrogens is 384 g/mol. The molecule has 0 radical (unpaired) electrons. The molecular formula is C23H28N2O5. The van der Waals surface area contributed by atoms with Crippen LogP contribution in [0.15, 0.2) is 48.5 Å². The number of rotatable bonds is 7. The summed E-state index contributed by atoms with van der Waals surface area (Å²) in [6.07, 6.45) is 0.0607. The van der Waals surface area contributed by atoms with Crippen molar-refractivity contribution in [3.63, 3.8) is 0 Å². The van der Waals surface area contributed by atoms with Crippen LogP contribution in [0.25, 0.3) is 0 Å². The van der Waals surface area contributed by atoms with Gasteiger partial charge in [0.1, 0.15) is 11.5 Å². The smallest absolute Gasteiger partial charge is 0.338 e. The number of carbonyl (C=O) groups is 2. The number of amides is 1. The first-order valence-electron chi connectivity index (χ1n) is 10.1. The van der Waals surface area contributed by atoms with Gasteiger partial charge in [-0.05, 0) is 62.4 Å². The van der Waals surface area contributed by atoms with E-state index in [1.165, 1.54) is 0 Å². The highest BCUT2D eigenvalue weighted by Gasteiger charge is 2.22. The molecule has 1 saturated heterocycles. The van der Waals surface area contributed by atoms with Gasteiger partial charge in [-0.3, -0.25) is 4.79 Å². The second-order valence-corrected chi connectivity index (χ2v) is 7.33. The van der Waals surface area contributed by atoms with E-state index in [1.807, 2.05) is 38.1 Å². The number of methoxy groups -OCH3 is 1. The van der Waals surface area contributed by atoms with Crippen LogP contribution in [0.4, 0.5) is 5.69 Å². The van der Waals surface area contributed by atoms with Gasteiger partial charge in [0.15, 0.2) is 6.61 Å². The first-order chi connectivity index (χ1) is 14.5. The molecule has 0 bridgehead atoms. The molecule has 7 nitrogen and oxygen atoms in total. The predicted molar refractivity (Wildman–Crippen MR) is 114 cm³/mol. The zero-order chi connectivity index (χ0) is 21.5. The molecule has 160 valence electrons. The number of hydrogen-bond donors (Lipinski definition) is 0. The molecule has 1 aliphatic heterocycles. The van der Waals surface area contributed by atoms with Crippen LogP contribution in [-0.4, -0.2) is 62.8 Å². The lowest BCUT2D eigenvalue weighted by Crippen LogP contribution is -2.49. The lowest BCUT2D eigenvalue weighted by molar-refractivity contribution is -0.134. The van der Waals surface area contributed by atoms with Crippen LogP contribution in [0.3, 0.4) is 0 Å². The van der Waals surface area contributed by atoms with E-state index in [-0.39, 0.29) is 18.6 Å². The number of nitrogens with zero attached hydrogens (tertiary/aromatic N) is 2. The summed E-state index contributed by atoms with van der Waals surface area (Å²) in [5.74, 6) is 0.803. The van der Waals surface area contributed by atoms with Crippen molar-refractivity contribution >= 4 is 17.6 Å². The van der Waals surface area contributed by atoms with Crippen molar-refractivity contribution in [2.45, 2.75) is 20.0 Å². The Morgan fingerprint density at radius 1 is 0.900 bits per heavy atom. The fourth-order valence-electron chi connectivity index (χ4n) is 3.25. The average molecular weight is 412 g/mol. The van der Waals surface area contributed by atoms with E-state index in [1.54, 1.807) is 36.3 Å². The molecule has 0 spiro atoms. The zero-order valence-electron chi connectivity index (χ0n) is 17.7. The molecule has 30 heavy (non-hydrogen) atoms. The van der Waals surface area contributed by atoms with Crippen LogP contribution < -0.4 is 14.4 Å². The molecule has 1 amide bonds. The molecule has 2 aromatic carbocycles. The number of esters is 1. The topological polar surface area (TPSA) is 68.3 Å². The predicted octanol–water partition coefficient (Wildman–Crippen LogP) is 2.99. The van der Waals surface area contributed by atoms with Crippen molar-refractivity contribution in [3.8, 4) is 11.5 Å². The second kappa shape index (κ2) is 10.0. The highest BCUT2D eigenvalue weighted by molar-refractivity contribution is 5.91. The van der Waals surface area contributed by atoms with E-state index >= 15 is 0 Å². The average Bonchev–Trinajstić information content (AvgIpc) is 2.77. The van der Waals surface area contributed by atoms with Crippen molar-refractivity contribution in [1.82, 2.24) is 4.90 Å². The Morgan fingerprint density at radius 2 is 1.50 bits per heavy atom. The lowest BCUT2D eigenvalue weighted by Gasteiger charge is -2.36. The molecule has 0 atom stereocenters. The van der Waals surface area contributed by atoms with E-state index in [0.717, 1.165) is 24.5 Å². The van der Waals surface area contributed by atoms with Crippen LogP contribution in [0.5, 0.6) is 11.5 Å². The van der Waals surface area contributed by atoms with Crippen LogP contribution in [0.2, 0.25) is 0 Å². The minimum Gasteiger partial charge on any atom is -0.497 e. The summed E-state index contributed by atoms with van der Waals surface area (Å²) in [7, 11) is 1.64. The van der Waals surface area contributed by atoms with Crippen molar-refractivity contribution in [2.24, 2.45) is 0 Å². The molecule has 0 N–H and O–H groups in total. The Labute approximate surface area is 177 Å². The number of piperazine rings is 1. The molecule has 0 saturated carbocycles. The van der Waals surface area contributed by atoms with Gasteiger partial charge < -0.3 is 24.0 Å². The Hall–Kier alpha value is -3.22. The van der Waals surface area contributed by atoms with Crippen LogP contribution in [0, 0.1) is 0 Å². The van der Waals surface area contributed by atoms with Gasteiger partial charge in [-0.2, -0.15) is 0 Å². The third kappa shape index (κ3) is 5.65. The summed E-state index contributed by atoms with van der Waals surface area (Å²) < 4.78 is 15.9. The largest absolute Gasteiger partial charge is 0.497 e. The maximum Gasteiger partial charge on any atom is 0.338 e. The molecule has 0 aromatic heterocycles. The van der Waals surface area contributed by atoms with Gasteiger partial charge in [0, 0.05) is 31.9 Å². The molecule has 2 aromatic rings. The molecule has 3 rings (SSSR count). The third-order valence-electron chi connectivity index (χ3n) is 4.86. The summed E-state index contributed by atoms with van der Waals surface area (Å²) >= 11 is 0. The normalized spacial score (nSPS) is 13.9. The Bertz CT molecular complexity index is 841. The van der Waals surface area contributed by atoms with Gasteiger partial charge in [-0.25, -0.2) is 4.79 Å². The number of benzene rings is 2. The highest BCUT2D eigenvalue weighted by atomic mass is 16.5. The van der Waals surface area contributed by atoms with Gasteiger partial charge in [0.25, 0.3) is 5.91 Å². The maximum atomic E-state index is 12.4. The van der Waals surface area contributed by atoms with Gasteiger partial charge in [-0.1, -0.05) is 0 Å². The van der Waals surface area contributed by atoms with E-state index in [9.17, 15) is 9.59 Å². The van der Waals surface area contributed by atoms with Crippen LogP contribution in [-0.2, 0) is 9.53 Å². The molecule has 1 heterocycles. The molecule has 0 unspecified atom stereocenters. The third-order valence-corrected chi connectivity index (χ3v) is 4.86. The number of ether oxygens (including phenoxy) is 3. The van der Waals surface area contributed by atoms with Crippen molar-refractivity contribution in [3.05, 3.63) is 54.1 Å². The molecule has 0 aliphatic carbocycles. The Kier molecular flexibility index (Phi) is 7.17. The summed E-state index contributed by atoms with van der Waals surface area (Å²) in [6, 6.07) is 14.6. The summed E-state index contributed by atoms with van der Waals surface area (Å²) in [4.78, 5) is 28.6. The van der Waals surface area contributed by atoms with Gasteiger partial charge in [0.05, 0.1) is 18.8 Å². The highest BCUT2D eigenvalue weighted by Crippen LogP contribution is 2.20. The summed E-state index contributed by atoms with van der Waals surface area (Å²) in [5, 5.41) is 0. The quantitative estimate of drug-likeness (QED) is 0.652. The summed E-state index contributed by atoms with van der Waals surface area (Å²) in [6.45, 7) is 6.24. The van der Waals surface area contributed by atoms with Gasteiger partial charge in [0.2, 0.25) is 0 Å². The van der Waals surface area contributed by atoms with Gasteiger partial charge in [-0.15, -0.1) is 0 Å². The van der Waals surface area contributed by atoms with E-state index < -0.39 is 5.97 Å².